The fourth-order valence-electron chi connectivity index (χ4n) is 2.47. The molecule has 0 saturated carbocycles. The smallest absolute Gasteiger partial charge is 0.208 e. The zero-order chi connectivity index (χ0) is 23.1. The summed E-state index contributed by atoms with van der Waals surface area (Å²) in [6.45, 7) is 0. The van der Waals surface area contributed by atoms with E-state index >= 15 is 0 Å². The van der Waals surface area contributed by atoms with Crippen LogP contribution < -0.4 is 0 Å². The van der Waals surface area contributed by atoms with E-state index in [1.807, 2.05) is 11.4 Å². The predicted molar refractivity (Wildman–Crippen MR) is 122 cm³/mol. The molecule has 10 heteroatoms. The molecule has 2 heterocycles. The molecule has 2 aromatic carbocycles. The first-order valence-electron chi connectivity index (χ1n) is 8.84. The van der Waals surface area contributed by atoms with Gasteiger partial charge in [-0.15, -0.1) is 22.7 Å². The molecule has 0 saturated heterocycles. The third-order valence-corrected chi connectivity index (χ3v) is 8.84. The molecule has 0 radical (unpaired) electrons. The average Bonchev–Trinajstić information content (AvgIpc) is 3.45. The first-order valence-corrected chi connectivity index (χ1v) is 12.9. The Morgan fingerprint density at radius 3 is 1.84 bits per heavy atom. The largest absolute Gasteiger partial charge is 0.297 e. The monoisotopic (exact) mass is 508 g/mol. The summed E-state index contributed by atoms with van der Waals surface area (Å²) in [7, 11) is -3.74. The number of hydrogen-bond acceptors (Lipinski definition) is 7. The van der Waals surface area contributed by atoms with Crippen LogP contribution in [-0.2, 0) is 9.84 Å². The van der Waals surface area contributed by atoms with Gasteiger partial charge >= 0.3 is 0 Å². The van der Waals surface area contributed by atoms with E-state index in [0.29, 0.717) is 11.2 Å². The van der Waals surface area contributed by atoms with E-state index in [-0.39, 0.29) is 20.5 Å². The zero-order valence-electron chi connectivity index (χ0n) is 16.1. The SMILES string of the molecule is O=Cc1sccc1S(=O)(=O)c1ccc(F)cc1.O=Cc1sccc1Sc1ccc(F)cc1. The third kappa shape index (κ3) is 5.77. The summed E-state index contributed by atoms with van der Waals surface area (Å²) in [5, 5.41) is 3.40. The molecule has 4 rings (SSSR count). The van der Waals surface area contributed by atoms with Crippen molar-refractivity contribution in [1.29, 1.82) is 0 Å². The molecule has 0 spiro atoms. The van der Waals surface area contributed by atoms with E-state index in [1.165, 1.54) is 58.8 Å². The lowest BCUT2D eigenvalue weighted by Crippen LogP contribution is -2.02. The summed E-state index contributed by atoms with van der Waals surface area (Å²) >= 11 is 3.93. The van der Waals surface area contributed by atoms with Crippen molar-refractivity contribution in [3.8, 4) is 0 Å². The summed E-state index contributed by atoms with van der Waals surface area (Å²) in [4.78, 5) is 24.0. The maximum atomic E-state index is 12.7. The molecule has 4 aromatic rings. The summed E-state index contributed by atoms with van der Waals surface area (Å²) < 4.78 is 49.6. The van der Waals surface area contributed by atoms with E-state index < -0.39 is 15.7 Å². The Kier molecular flexibility index (Phi) is 8.08. The Bertz CT molecular complexity index is 1310. The van der Waals surface area contributed by atoms with E-state index in [9.17, 15) is 26.8 Å². The molecular weight excluding hydrogens is 495 g/mol. The predicted octanol–water partition coefficient (Wildman–Crippen LogP) is 6.38. The normalized spacial score (nSPS) is 10.8. The van der Waals surface area contributed by atoms with Gasteiger partial charge in [-0.05, 0) is 71.4 Å². The molecule has 0 unspecified atom stereocenters. The molecule has 164 valence electrons. The van der Waals surface area contributed by atoms with E-state index in [1.54, 1.807) is 12.1 Å². The van der Waals surface area contributed by atoms with Crippen LogP contribution in [0.25, 0.3) is 0 Å². The van der Waals surface area contributed by atoms with Gasteiger partial charge in [0.1, 0.15) is 11.6 Å². The summed E-state index contributed by atoms with van der Waals surface area (Å²) in [6.07, 6.45) is 1.34. The summed E-state index contributed by atoms with van der Waals surface area (Å²) in [5.74, 6) is -0.759. The van der Waals surface area contributed by atoms with Crippen LogP contribution in [0, 0.1) is 11.6 Å². The minimum atomic E-state index is -3.74. The number of benzene rings is 2. The van der Waals surface area contributed by atoms with Gasteiger partial charge in [-0.1, -0.05) is 11.8 Å². The van der Waals surface area contributed by atoms with Crippen LogP contribution >= 0.6 is 34.4 Å². The Labute approximate surface area is 195 Å². The van der Waals surface area contributed by atoms with Gasteiger partial charge < -0.3 is 0 Å². The summed E-state index contributed by atoms with van der Waals surface area (Å²) in [5.41, 5.74) is 0. The molecule has 32 heavy (non-hydrogen) atoms. The van der Waals surface area contributed by atoms with Gasteiger partial charge in [0.05, 0.1) is 19.5 Å². The van der Waals surface area contributed by atoms with Crippen molar-refractivity contribution < 1.29 is 26.8 Å². The van der Waals surface area contributed by atoms with Crippen LogP contribution in [-0.4, -0.2) is 21.0 Å². The van der Waals surface area contributed by atoms with Gasteiger partial charge in [-0.2, -0.15) is 0 Å². The molecule has 0 aliphatic rings. The number of carbonyl (C=O) groups excluding carboxylic acids is 2. The third-order valence-electron chi connectivity index (χ3n) is 3.98. The fourth-order valence-corrected chi connectivity index (χ4v) is 6.68. The van der Waals surface area contributed by atoms with E-state index in [4.69, 9.17) is 0 Å². The lowest BCUT2D eigenvalue weighted by atomic mass is 10.4. The van der Waals surface area contributed by atoms with E-state index in [0.717, 1.165) is 39.5 Å². The van der Waals surface area contributed by atoms with E-state index in [2.05, 4.69) is 0 Å². The Morgan fingerprint density at radius 1 is 0.719 bits per heavy atom. The highest BCUT2D eigenvalue weighted by atomic mass is 32.2. The molecule has 0 N–H and O–H groups in total. The van der Waals surface area contributed by atoms with Gasteiger partial charge in [-0.25, -0.2) is 17.2 Å². The standard InChI is InChI=1S/C11H7FO3S2.C11H7FOS2/c12-8-1-3-9(4-2-8)17(14,15)11-5-6-16-10(11)7-13;12-8-1-3-9(4-2-8)15-10-5-6-14-11(10)7-13/h1-7H;1-7H. The minimum Gasteiger partial charge on any atom is -0.297 e. The molecule has 0 aliphatic heterocycles. The first kappa shape index (κ1) is 24.0. The number of thiophene rings is 2. The zero-order valence-corrected chi connectivity index (χ0v) is 19.4. The van der Waals surface area contributed by atoms with Gasteiger partial charge in [0.15, 0.2) is 12.6 Å². The maximum Gasteiger partial charge on any atom is 0.208 e. The number of sulfone groups is 1. The molecule has 0 amide bonds. The van der Waals surface area contributed by atoms with Crippen molar-refractivity contribution in [2.24, 2.45) is 0 Å². The molecular formula is C22H14F2O4S4. The molecule has 0 atom stereocenters. The number of aldehydes is 2. The molecule has 0 bridgehead atoms. The fraction of sp³-hybridized carbons (Fsp3) is 0. The van der Waals surface area contributed by atoms with Crippen molar-refractivity contribution in [2.45, 2.75) is 19.6 Å². The van der Waals surface area contributed by atoms with Gasteiger partial charge in [-0.3, -0.25) is 9.59 Å². The molecule has 4 nitrogen and oxygen atoms in total. The number of carbonyl (C=O) groups is 2. The second kappa shape index (κ2) is 10.8. The first-order chi connectivity index (χ1) is 15.3. The lowest BCUT2D eigenvalue weighted by Gasteiger charge is -2.02. The van der Waals surface area contributed by atoms with Gasteiger partial charge in [0.2, 0.25) is 9.84 Å². The Morgan fingerprint density at radius 2 is 1.25 bits per heavy atom. The van der Waals surface area contributed by atoms with Gasteiger partial charge in [0, 0.05) is 9.79 Å². The van der Waals surface area contributed by atoms with Crippen LogP contribution in [0.5, 0.6) is 0 Å². The highest BCUT2D eigenvalue weighted by Gasteiger charge is 2.22. The van der Waals surface area contributed by atoms with Crippen LogP contribution in [0.15, 0.2) is 91.0 Å². The quantitative estimate of drug-likeness (QED) is 0.223. The Hall–Kier alpha value is -2.66. The Balaban J connectivity index is 0.000000182. The molecule has 0 aliphatic carbocycles. The summed E-state index contributed by atoms with van der Waals surface area (Å²) in [6, 6.07) is 14.0. The number of rotatable bonds is 6. The average molecular weight is 509 g/mol. The maximum absolute atomic E-state index is 12.7. The van der Waals surface area contributed by atoms with Crippen LogP contribution in [0.3, 0.4) is 0 Å². The van der Waals surface area contributed by atoms with Crippen molar-refractivity contribution in [3.63, 3.8) is 0 Å². The highest BCUT2D eigenvalue weighted by molar-refractivity contribution is 7.99. The van der Waals surface area contributed by atoms with Crippen LogP contribution in [0.4, 0.5) is 8.78 Å². The van der Waals surface area contributed by atoms with Crippen LogP contribution in [0.1, 0.15) is 19.3 Å². The van der Waals surface area contributed by atoms with Crippen molar-refractivity contribution in [2.75, 3.05) is 0 Å². The molecule has 0 fully saturated rings. The van der Waals surface area contributed by atoms with Crippen LogP contribution in [0.2, 0.25) is 0 Å². The highest BCUT2D eigenvalue weighted by Crippen LogP contribution is 2.32. The number of halogens is 2. The second-order valence-electron chi connectivity index (χ2n) is 6.05. The lowest BCUT2D eigenvalue weighted by molar-refractivity contribution is 0.111. The van der Waals surface area contributed by atoms with Crippen molar-refractivity contribution in [1.82, 2.24) is 0 Å². The minimum absolute atomic E-state index is 0.0274. The van der Waals surface area contributed by atoms with Crippen molar-refractivity contribution in [3.05, 3.63) is 92.8 Å². The molecule has 2 aromatic heterocycles. The topological polar surface area (TPSA) is 68.3 Å². The van der Waals surface area contributed by atoms with Crippen molar-refractivity contribution >= 4 is 56.8 Å². The van der Waals surface area contributed by atoms with Gasteiger partial charge in [0.25, 0.3) is 0 Å². The second-order valence-corrected chi connectivity index (χ2v) is 11.0. The number of hydrogen-bond donors (Lipinski definition) is 0.